The predicted molar refractivity (Wildman–Crippen MR) is 88.4 cm³/mol. The van der Waals surface area contributed by atoms with E-state index in [2.05, 4.69) is 10.3 Å². The van der Waals surface area contributed by atoms with Crippen LogP contribution in [0.15, 0.2) is 29.6 Å². The molecule has 5 nitrogen and oxygen atoms in total. The maximum absolute atomic E-state index is 12.5. The molecule has 7 heteroatoms. The van der Waals surface area contributed by atoms with Crippen LogP contribution in [0.4, 0.5) is 5.13 Å². The number of hydrogen-bond donors (Lipinski definition) is 1. The molecule has 0 saturated heterocycles. The maximum Gasteiger partial charge on any atom is 0.273 e. The highest BCUT2D eigenvalue weighted by atomic mass is 35.5. The summed E-state index contributed by atoms with van der Waals surface area (Å²) in [4.78, 5) is 29.2. The van der Waals surface area contributed by atoms with E-state index in [1.165, 1.54) is 18.3 Å². The lowest BCUT2D eigenvalue weighted by molar-refractivity contribution is -0.114. The lowest BCUT2D eigenvalue weighted by atomic mass is 10.1. The zero-order valence-electron chi connectivity index (χ0n) is 12.5. The van der Waals surface area contributed by atoms with Crippen molar-refractivity contribution in [3.63, 3.8) is 0 Å². The van der Waals surface area contributed by atoms with Gasteiger partial charge in [-0.3, -0.25) is 9.59 Å². The normalized spacial score (nSPS) is 11.8. The molecule has 2 amide bonds. The average molecular weight is 338 g/mol. The summed E-state index contributed by atoms with van der Waals surface area (Å²) in [6.07, 6.45) is 0. The lowest BCUT2D eigenvalue weighted by Gasteiger charge is -2.24. The van der Waals surface area contributed by atoms with Gasteiger partial charge >= 0.3 is 0 Å². The van der Waals surface area contributed by atoms with E-state index in [-0.39, 0.29) is 17.9 Å². The van der Waals surface area contributed by atoms with E-state index in [1.807, 2.05) is 19.1 Å². The fourth-order valence-corrected chi connectivity index (χ4v) is 2.76. The van der Waals surface area contributed by atoms with E-state index in [0.29, 0.717) is 15.8 Å². The van der Waals surface area contributed by atoms with Crippen LogP contribution in [0.25, 0.3) is 0 Å². The van der Waals surface area contributed by atoms with Crippen molar-refractivity contribution in [2.45, 2.75) is 19.9 Å². The minimum Gasteiger partial charge on any atom is -0.334 e. The number of carbonyl (C=O) groups excluding carboxylic acids is 2. The van der Waals surface area contributed by atoms with Crippen LogP contribution in [0.5, 0.6) is 0 Å². The van der Waals surface area contributed by atoms with Crippen molar-refractivity contribution in [3.05, 3.63) is 45.9 Å². The number of halogens is 1. The SMILES string of the molecule is CC(=O)Nc1nc(C(=O)N(C)C(C)c2ccc(Cl)cc2)cs1. The monoisotopic (exact) mass is 337 g/mol. The smallest absolute Gasteiger partial charge is 0.273 e. The molecule has 1 unspecified atom stereocenters. The largest absolute Gasteiger partial charge is 0.334 e. The molecule has 116 valence electrons. The van der Waals surface area contributed by atoms with Crippen molar-refractivity contribution >= 4 is 39.9 Å². The molecule has 0 spiro atoms. The molecule has 1 aromatic heterocycles. The molecule has 2 aromatic rings. The van der Waals surface area contributed by atoms with Gasteiger partial charge in [-0.2, -0.15) is 0 Å². The third kappa shape index (κ3) is 3.84. The van der Waals surface area contributed by atoms with Gasteiger partial charge in [0.15, 0.2) is 5.13 Å². The van der Waals surface area contributed by atoms with Crippen LogP contribution < -0.4 is 5.32 Å². The molecule has 0 aliphatic heterocycles. The highest BCUT2D eigenvalue weighted by molar-refractivity contribution is 7.14. The third-order valence-electron chi connectivity index (χ3n) is 3.26. The van der Waals surface area contributed by atoms with Crippen LogP contribution in [0, 0.1) is 0 Å². The highest BCUT2D eigenvalue weighted by Crippen LogP contribution is 2.23. The second-order valence-corrected chi connectivity index (χ2v) is 6.16. The Hall–Kier alpha value is -1.92. The van der Waals surface area contributed by atoms with Crippen molar-refractivity contribution in [1.29, 1.82) is 0 Å². The average Bonchev–Trinajstić information content (AvgIpc) is 2.93. The van der Waals surface area contributed by atoms with E-state index in [0.717, 1.165) is 5.56 Å². The van der Waals surface area contributed by atoms with Crippen molar-refractivity contribution in [1.82, 2.24) is 9.88 Å². The second-order valence-electron chi connectivity index (χ2n) is 4.86. The van der Waals surface area contributed by atoms with E-state index in [1.54, 1.807) is 29.5 Å². The summed E-state index contributed by atoms with van der Waals surface area (Å²) in [6.45, 7) is 3.33. The van der Waals surface area contributed by atoms with Gasteiger partial charge in [-0.1, -0.05) is 23.7 Å². The maximum atomic E-state index is 12.5. The minimum absolute atomic E-state index is 0.115. The Morgan fingerprint density at radius 2 is 1.95 bits per heavy atom. The Balaban J connectivity index is 2.12. The number of hydrogen-bond acceptors (Lipinski definition) is 4. The van der Waals surface area contributed by atoms with Gasteiger partial charge in [-0.15, -0.1) is 11.3 Å². The Bertz CT molecular complexity index is 684. The van der Waals surface area contributed by atoms with Crippen LogP contribution in [0.1, 0.15) is 35.9 Å². The first-order chi connectivity index (χ1) is 10.4. The molecule has 0 aliphatic carbocycles. The number of nitrogens with zero attached hydrogens (tertiary/aromatic N) is 2. The quantitative estimate of drug-likeness (QED) is 0.927. The molecule has 1 atom stereocenters. The van der Waals surface area contributed by atoms with Gasteiger partial charge < -0.3 is 10.2 Å². The Morgan fingerprint density at radius 3 is 2.55 bits per heavy atom. The van der Waals surface area contributed by atoms with Crippen LogP contribution in [-0.4, -0.2) is 28.7 Å². The summed E-state index contributed by atoms with van der Waals surface area (Å²) in [5, 5.41) is 5.28. The lowest BCUT2D eigenvalue weighted by Crippen LogP contribution is -2.29. The number of thiazole rings is 1. The van der Waals surface area contributed by atoms with Gasteiger partial charge in [0.1, 0.15) is 5.69 Å². The van der Waals surface area contributed by atoms with E-state index in [9.17, 15) is 9.59 Å². The molecule has 1 heterocycles. The van der Waals surface area contributed by atoms with Gasteiger partial charge in [-0.25, -0.2) is 4.98 Å². The van der Waals surface area contributed by atoms with Gasteiger partial charge in [0, 0.05) is 24.4 Å². The summed E-state index contributed by atoms with van der Waals surface area (Å²) in [5.74, 6) is -0.411. The topological polar surface area (TPSA) is 62.3 Å². The summed E-state index contributed by atoms with van der Waals surface area (Å²) < 4.78 is 0. The van der Waals surface area contributed by atoms with Crippen molar-refractivity contribution in [2.24, 2.45) is 0 Å². The summed E-state index contributed by atoms with van der Waals surface area (Å²) in [5.41, 5.74) is 1.30. The second kappa shape index (κ2) is 6.89. The fourth-order valence-electron chi connectivity index (χ4n) is 1.90. The fraction of sp³-hybridized carbons (Fsp3) is 0.267. The zero-order chi connectivity index (χ0) is 16.3. The highest BCUT2D eigenvalue weighted by Gasteiger charge is 2.21. The summed E-state index contributed by atoms with van der Waals surface area (Å²) in [6, 6.07) is 7.25. The van der Waals surface area contributed by atoms with Gasteiger partial charge in [0.05, 0.1) is 6.04 Å². The molecule has 0 saturated carbocycles. The third-order valence-corrected chi connectivity index (χ3v) is 4.27. The minimum atomic E-state index is -0.212. The molecule has 2 rings (SSSR count). The van der Waals surface area contributed by atoms with Gasteiger partial charge in [0.25, 0.3) is 5.91 Å². The van der Waals surface area contributed by atoms with Gasteiger partial charge in [0.2, 0.25) is 5.91 Å². The van der Waals surface area contributed by atoms with Crippen LogP contribution in [0.2, 0.25) is 5.02 Å². The van der Waals surface area contributed by atoms with E-state index in [4.69, 9.17) is 11.6 Å². The Labute approximate surface area is 137 Å². The molecule has 22 heavy (non-hydrogen) atoms. The van der Waals surface area contributed by atoms with Crippen molar-refractivity contribution < 1.29 is 9.59 Å². The first kappa shape index (κ1) is 16.5. The number of amides is 2. The Kier molecular flexibility index (Phi) is 5.15. The molecule has 0 fully saturated rings. The van der Waals surface area contributed by atoms with E-state index >= 15 is 0 Å². The molecule has 1 N–H and O–H groups in total. The van der Waals surface area contributed by atoms with Crippen LogP contribution in [-0.2, 0) is 4.79 Å². The number of anilines is 1. The number of benzene rings is 1. The summed E-state index contributed by atoms with van der Waals surface area (Å²) in [7, 11) is 1.72. The number of aromatic nitrogens is 1. The molecular formula is C15H16ClN3O2S. The molecular weight excluding hydrogens is 322 g/mol. The van der Waals surface area contributed by atoms with Crippen LogP contribution in [0.3, 0.4) is 0 Å². The van der Waals surface area contributed by atoms with Crippen molar-refractivity contribution in [2.75, 3.05) is 12.4 Å². The predicted octanol–water partition coefficient (Wildman–Crippen LogP) is 3.59. The van der Waals surface area contributed by atoms with Crippen LogP contribution >= 0.6 is 22.9 Å². The van der Waals surface area contributed by atoms with Crippen molar-refractivity contribution in [3.8, 4) is 0 Å². The summed E-state index contributed by atoms with van der Waals surface area (Å²) >= 11 is 7.10. The zero-order valence-corrected chi connectivity index (χ0v) is 14.0. The number of rotatable bonds is 4. The molecule has 1 aromatic carbocycles. The first-order valence-corrected chi connectivity index (χ1v) is 7.90. The van der Waals surface area contributed by atoms with Gasteiger partial charge in [-0.05, 0) is 24.6 Å². The van der Waals surface area contributed by atoms with E-state index < -0.39 is 0 Å². The standard InChI is InChI=1S/C15H16ClN3O2S/c1-9(11-4-6-12(16)7-5-11)19(3)14(21)13-8-22-15(18-13)17-10(2)20/h4-9H,1-3H3,(H,17,18,20). The Morgan fingerprint density at radius 1 is 1.32 bits per heavy atom. The molecule has 0 bridgehead atoms. The number of carbonyl (C=O) groups is 2. The number of nitrogens with one attached hydrogen (secondary N) is 1. The molecule has 0 aliphatic rings. The molecule has 0 radical (unpaired) electrons. The first-order valence-electron chi connectivity index (χ1n) is 6.64.